The fourth-order valence-electron chi connectivity index (χ4n) is 2.35. The summed E-state index contributed by atoms with van der Waals surface area (Å²) < 4.78 is 5.33. The largest absolute Gasteiger partial charge is 0.379 e. The number of nitrogens with one attached hydrogen (secondary N) is 1. The summed E-state index contributed by atoms with van der Waals surface area (Å²) in [6.07, 6.45) is 0. The zero-order valence-corrected chi connectivity index (χ0v) is 12.7. The Morgan fingerprint density at radius 3 is 2.95 bits per heavy atom. The van der Waals surface area contributed by atoms with Crippen molar-refractivity contribution in [2.24, 2.45) is 0 Å². The second-order valence-corrected chi connectivity index (χ2v) is 6.14. The van der Waals surface area contributed by atoms with Gasteiger partial charge in [-0.25, -0.2) is 4.98 Å². The van der Waals surface area contributed by atoms with Crippen LogP contribution in [-0.4, -0.2) is 53.5 Å². The van der Waals surface area contributed by atoms with Gasteiger partial charge in [0.25, 0.3) is 5.56 Å². The van der Waals surface area contributed by atoms with Crippen LogP contribution in [0, 0.1) is 0 Å². The van der Waals surface area contributed by atoms with Crippen LogP contribution >= 0.6 is 11.8 Å². The number of para-hydroxylation sites is 2. The number of thioether (sulfide) groups is 1. The van der Waals surface area contributed by atoms with Gasteiger partial charge < -0.3 is 9.72 Å². The third-order valence-corrected chi connectivity index (χ3v) is 4.51. The van der Waals surface area contributed by atoms with Crippen molar-refractivity contribution in [2.45, 2.75) is 5.75 Å². The molecule has 1 N–H and O–H groups in total. The van der Waals surface area contributed by atoms with E-state index in [9.17, 15) is 4.79 Å². The van der Waals surface area contributed by atoms with E-state index >= 15 is 0 Å². The third kappa shape index (κ3) is 3.84. The Kier molecular flexibility index (Phi) is 4.90. The fourth-order valence-corrected chi connectivity index (χ4v) is 3.27. The summed E-state index contributed by atoms with van der Waals surface area (Å²) in [6, 6.07) is 7.63. The molecule has 21 heavy (non-hydrogen) atoms. The minimum Gasteiger partial charge on any atom is -0.379 e. The van der Waals surface area contributed by atoms with Crippen molar-refractivity contribution in [1.82, 2.24) is 14.9 Å². The molecule has 112 valence electrons. The van der Waals surface area contributed by atoms with Crippen molar-refractivity contribution in [3.8, 4) is 0 Å². The van der Waals surface area contributed by atoms with Crippen molar-refractivity contribution in [1.29, 1.82) is 0 Å². The number of aromatic amines is 1. The van der Waals surface area contributed by atoms with Crippen LogP contribution in [0.3, 0.4) is 0 Å². The molecule has 0 spiro atoms. The van der Waals surface area contributed by atoms with Gasteiger partial charge in [-0.15, -0.1) is 0 Å². The number of hydrogen-bond acceptors (Lipinski definition) is 5. The molecule has 0 unspecified atom stereocenters. The van der Waals surface area contributed by atoms with Crippen LogP contribution in [0.5, 0.6) is 0 Å². The fraction of sp³-hybridized carbons (Fsp3) is 0.467. The molecule has 2 aromatic rings. The van der Waals surface area contributed by atoms with Crippen molar-refractivity contribution < 1.29 is 4.74 Å². The summed E-state index contributed by atoms with van der Waals surface area (Å²) in [5, 5.41) is 0. The summed E-state index contributed by atoms with van der Waals surface area (Å²) in [5.41, 5.74) is 2.18. The topological polar surface area (TPSA) is 58.2 Å². The minimum absolute atomic E-state index is 0.0763. The van der Waals surface area contributed by atoms with Gasteiger partial charge in [-0.1, -0.05) is 12.1 Å². The van der Waals surface area contributed by atoms with Crippen LogP contribution in [0.1, 0.15) is 5.69 Å². The van der Waals surface area contributed by atoms with E-state index in [1.54, 1.807) is 11.8 Å². The predicted octanol–water partition coefficient (Wildman–Crippen LogP) is 1.49. The van der Waals surface area contributed by atoms with E-state index in [0.29, 0.717) is 11.4 Å². The van der Waals surface area contributed by atoms with Gasteiger partial charge in [0.1, 0.15) is 5.69 Å². The molecule has 0 amide bonds. The first-order chi connectivity index (χ1) is 10.3. The van der Waals surface area contributed by atoms with Gasteiger partial charge >= 0.3 is 0 Å². The number of aromatic nitrogens is 2. The molecule has 5 nitrogen and oxygen atoms in total. The van der Waals surface area contributed by atoms with E-state index < -0.39 is 0 Å². The number of hydrogen-bond donors (Lipinski definition) is 1. The second-order valence-electron chi connectivity index (χ2n) is 5.04. The summed E-state index contributed by atoms with van der Waals surface area (Å²) >= 11 is 1.76. The number of H-pyrrole nitrogens is 1. The molecule has 0 bridgehead atoms. The Morgan fingerprint density at radius 1 is 1.29 bits per heavy atom. The van der Waals surface area contributed by atoms with Gasteiger partial charge in [-0.05, 0) is 12.1 Å². The molecular weight excluding hydrogens is 286 g/mol. The molecule has 2 heterocycles. The number of ether oxygens (including phenoxy) is 1. The summed E-state index contributed by atoms with van der Waals surface area (Å²) in [4.78, 5) is 21.7. The van der Waals surface area contributed by atoms with Crippen molar-refractivity contribution in [3.63, 3.8) is 0 Å². The summed E-state index contributed by atoms with van der Waals surface area (Å²) in [7, 11) is 0. The van der Waals surface area contributed by atoms with Gasteiger partial charge in [-0.3, -0.25) is 9.69 Å². The van der Waals surface area contributed by atoms with E-state index in [1.165, 1.54) is 0 Å². The summed E-state index contributed by atoms with van der Waals surface area (Å²) in [5.74, 6) is 1.67. The maximum absolute atomic E-state index is 12.0. The number of fused-ring (bicyclic) bond motifs is 1. The first-order valence-electron chi connectivity index (χ1n) is 7.19. The number of morpholine rings is 1. The van der Waals surface area contributed by atoms with E-state index in [0.717, 1.165) is 49.6 Å². The lowest BCUT2D eigenvalue weighted by Gasteiger charge is -2.26. The normalized spacial score (nSPS) is 16.4. The molecule has 1 saturated heterocycles. The predicted molar refractivity (Wildman–Crippen MR) is 85.8 cm³/mol. The van der Waals surface area contributed by atoms with E-state index in [2.05, 4.69) is 14.9 Å². The standard InChI is InChI=1S/C15H19N3O2S/c19-15-14(16-12-3-1-2-4-13(12)17-15)11-21-10-7-18-5-8-20-9-6-18/h1-4H,5-11H2,(H,17,19). The average Bonchev–Trinajstić information content (AvgIpc) is 2.53. The minimum atomic E-state index is -0.0763. The smallest absolute Gasteiger partial charge is 0.270 e. The van der Waals surface area contributed by atoms with Gasteiger partial charge in [0.15, 0.2) is 0 Å². The van der Waals surface area contributed by atoms with E-state index in [-0.39, 0.29) is 5.56 Å². The molecule has 0 aliphatic carbocycles. The van der Waals surface area contributed by atoms with Gasteiger partial charge in [-0.2, -0.15) is 11.8 Å². The van der Waals surface area contributed by atoms with Crippen molar-refractivity contribution >= 4 is 22.8 Å². The molecule has 6 heteroatoms. The SMILES string of the molecule is O=c1[nH]c2ccccc2nc1CSCCN1CCOCC1. The monoisotopic (exact) mass is 305 g/mol. The highest BCUT2D eigenvalue weighted by molar-refractivity contribution is 7.98. The Balaban J connectivity index is 1.55. The third-order valence-electron chi connectivity index (χ3n) is 3.56. The quantitative estimate of drug-likeness (QED) is 0.848. The molecule has 1 aromatic heterocycles. The zero-order valence-electron chi connectivity index (χ0n) is 11.9. The molecule has 1 fully saturated rings. The van der Waals surface area contributed by atoms with Gasteiger partial charge in [0, 0.05) is 31.1 Å². The Labute approximate surface area is 127 Å². The highest BCUT2D eigenvalue weighted by Gasteiger charge is 2.10. The number of benzene rings is 1. The van der Waals surface area contributed by atoms with Crippen molar-refractivity contribution in [2.75, 3.05) is 38.6 Å². The zero-order chi connectivity index (χ0) is 14.5. The van der Waals surface area contributed by atoms with E-state index in [4.69, 9.17) is 4.74 Å². The highest BCUT2D eigenvalue weighted by atomic mass is 32.2. The first kappa shape index (κ1) is 14.6. The van der Waals surface area contributed by atoms with Crippen LogP contribution in [0.4, 0.5) is 0 Å². The lowest BCUT2D eigenvalue weighted by molar-refractivity contribution is 0.0410. The lowest BCUT2D eigenvalue weighted by atomic mass is 10.3. The summed E-state index contributed by atoms with van der Waals surface area (Å²) in [6.45, 7) is 4.72. The molecule has 1 aliphatic heterocycles. The molecule has 1 aromatic carbocycles. The molecule has 1 aliphatic rings. The Bertz CT molecular complexity index is 653. The van der Waals surface area contributed by atoms with E-state index in [1.807, 2.05) is 24.3 Å². The molecule has 3 rings (SSSR count). The van der Waals surface area contributed by atoms with Crippen LogP contribution in [0.25, 0.3) is 11.0 Å². The van der Waals surface area contributed by atoms with Crippen LogP contribution in [0.2, 0.25) is 0 Å². The molecule has 0 saturated carbocycles. The molecule has 0 atom stereocenters. The van der Waals surface area contributed by atoms with Crippen LogP contribution < -0.4 is 5.56 Å². The van der Waals surface area contributed by atoms with Gasteiger partial charge in [0.05, 0.1) is 24.2 Å². The number of nitrogens with zero attached hydrogens (tertiary/aromatic N) is 2. The van der Waals surface area contributed by atoms with Crippen molar-refractivity contribution in [3.05, 3.63) is 40.3 Å². The maximum Gasteiger partial charge on any atom is 0.270 e. The Morgan fingerprint density at radius 2 is 2.10 bits per heavy atom. The average molecular weight is 305 g/mol. The van der Waals surface area contributed by atoms with Crippen LogP contribution in [-0.2, 0) is 10.5 Å². The maximum atomic E-state index is 12.0. The molecular formula is C15H19N3O2S. The first-order valence-corrected chi connectivity index (χ1v) is 8.34. The highest BCUT2D eigenvalue weighted by Crippen LogP contribution is 2.11. The Hall–Kier alpha value is -1.37. The lowest BCUT2D eigenvalue weighted by Crippen LogP contribution is -2.37. The second kappa shape index (κ2) is 7.06. The van der Waals surface area contributed by atoms with Crippen LogP contribution in [0.15, 0.2) is 29.1 Å². The molecule has 0 radical (unpaired) electrons. The van der Waals surface area contributed by atoms with Gasteiger partial charge in [0.2, 0.25) is 0 Å². The number of rotatable bonds is 5.